The quantitative estimate of drug-likeness (QED) is 0.325. The summed E-state index contributed by atoms with van der Waals surface area (Å²) in [7, 11) is -3.85. The molecule has 0 aliphatic heterocycles. The first kappa shape index (κ1) is 21.3. The normalized spacial score (nSPS) is 11.5. The summed E-state index contributed by atoms with van der Waals surface area (Å²) in [5, 5.41) is 9.77. The van der Waals surface area contributed by atoms with Crippen LogP contribution in [0.5, 0.6) is 11.6 Å². The number of nitrogens with one attached hydrogen (secondary N) is 3. The predicted molar refractivity (Wildman–Crippen MR) is 116 cm³/mol. The van der Waals surface area contributed by atoms with Crippen molar-refractivity contribution >= 4 is 39.8 Å². The molecule has 9 nitrogen and oxygen atoms in total. The zero-order chi connectivity index (χ0) is 21.7. The topological polar surface area (TPSA) is 137 Å². The van der Waals surface area contributed by atoms with E-state index in [1.54, 1.807) is 24.3 Å². The number of aromatic nitrogens is 2. The highest BCUT2D eigenvalue weighted by molar-refractivity contribution is 7.92. The van der Waals surface area contributed by atoms with Crippen LogP contribution in [-0.4, -0.2) is 36.3 Å². The molecule has 0 aliphatic carbocycles. The molecule has 2 aromatic carbocycles. The van der Waals surface area contributed by atoms with E-state index in [-0.39, 0.29) is 15.2 Å². The number of anilines is 1. The van der Waals surface area contributed by atoms with Crippen LogP contribution in [-0.2, 0) is 10.0 Å². The lowest BCUT2D eigenvalue weighted by molar-refractivity contribution is 0.342. The standard InChI is InChI=1S/C19H18N4O5S2/c1-2-28-16-6-4-3-5-15(16)23-30(26,27)13-9-7-12(8-10-13)20-11-14-17(24)21-19(29)22-18(14)25/h3-11,23H,2H2,1H3,(H3,21,22,24,25,29). The van der Waals surface area contributed by atoms with Crippen molar-refractivity contribution < 1.29 is 18.3 Å². The number of nitrogens with zero attached hydrogens (tertiary/aromatic N) is 1. The second kappa shape index (κ2) is 8.93. The predicted octanol–water partition coefficient (Wildman–Crippen LogP) is 3.09. The maximum absolute atomic E-state index is 12.7. The van der Waals surface area contributed by atoms with Crippen LogP contribution in [0.2, 0.25) is 0 Å². The van der Waals surface area contributed by atoms with E-state index in [1.165, 1.54) is 24.3 Å². The van der Waals surface area contributed by atoms with Crippen molar-refractivity contribution in [2.24, 2.45) is 4.99 Å². The monoisotopic (exact) mass is 446 g/mol. The molecule has 0 aliphatic rings. The molecular weight excluding hydrogens is 428 g/mol. The van der Waals surface area contributed by atoms with E-state index >= 15 is 0 Å². The Labute approximate surface area is 177 Å². The summed E-state index contributed by atoms with van der Waals surface area (Å²) in [5.41, 5.74) is 0.00774. The van der Waals surface area contributed by atoms with Gasteiger partial charge in [0.25, 0.3) is 15.6 Å². The van der Waals surface area contributed by atoms with Crippen LogP contribution in [0.1, 0.15) is 12.5 Å². The van der Waals surface area contributed by atoms with Crippen molar-refractivity contribution in [1.82, 2.24) is 9.97 Å². The van der Waals surface area contributed by atoms with Crippen LogP contribution in [0, 0.1) is 4.77 Å². The fraction of sp³-hybridized carbons (Fsp3) is 0.105. The van der Waals surface area contributed by atoms with Gasteiger partial charge in [-0.2, -0.15) is 0 Å². The van der Waals surface area contributed by atoms with E-state index in [4.69, 9.17) is 17.0 Å². The third kappa shape index (κ3) is 4.93. The Morgan fingerprint density at radius 2 is 1.87 bits per heavy atom. The molecule has 3 rings (SSSR count). The van der Waals surface area contributed by atoms with Gasteiger partial charge in [-0.25, -0.2) is 8.42 Å². The highest BCUT2D eigenvalue weighted by Gasteiger charge is 2.16. The molecular formula is C19H18N4O5S2. The molecule has 0 bridgehead atoms. The Kier molecular flexibility index (Phi) is 6.33. The van der Waals surface area contributed by atoms with Crippen molar-refractivity contribution in [2.45, 2.75) is 11.8 Å². The Morgan fingerprint density at radius 1 is 1.17 bits per heavy atom. The summed E-state index contributed by atoms with van der Waals surface area (Å²) < 4.78 is 33.3. The number of hydrogen-bond donors (Lipinski definition) is 4. The van der Waals surface area contributed by atoms with Crippen LogP contribution in [0.4, 0.5) is 11.4 Å². The number of para-hydroxylation sites is 2. The summed E-state index contributed by atoms with van der Waals surface area (Å²) in [6, 6.07) is 12.4. The molecule has 11 heteroatoms. The largest absolute Gasteiger partial charge is 0.494 e. The third-order valence-electron chi connectivity index (χ3n) is 3.88. The summed E-state index contributed by atoms with van der Waals surface area (Å²) in [6.07, 6.45) is 1.15. The van der Waals surface area contributed by atoms with E-state index in [1.807, 2.05) is 6.92 Å². The van der Waals surface area contributed by atoms with Gasteiger partial charge in [-0.1, -0.05) is 12.1 Å². The SMILES string of the molecule is CCOc1ccccc1NS(=O)(=O)c1ccc(N=Cc2c(O)[nH]c(=S)[nH]c2=O)cc1. The van der Waals surface area contributed by atoms with Crippen molar-refractivity contribution in [2.75, 3.05) is 11.3 Å². The molecule has 1 aromatic heterocycles. The highest BCUT2D eigenvalue weighted by Crippen LogP contribution is 2.27. The maximum Gasteiger partial charge on any atom is 0.264 e. The van der Waals surface area contributed by atoms with Gasteiger partial charge in [0.15, 0.2) is 4.77 Å². The Morgan fingerprint density at radius 3 is 2.53 bits per heavy atom. The second-order valence-corrected chi connectivity index (χ2v) is 8.05. The number of ether oxygens (including phenoxy) is 1. The van der Waals surface area contributed by atoms with Gasteiger partial charge in [-0.15, -0.1) is 0 Å². The number of rotatable bonds is 7. The average Bonchev–Trinajstić information content (AvgIpc) is 2.69. The summed E-state index contributed by atoms with van der Waals surface area (Å²) in [5.74, 6) is 0.0144. The van der Waals surface area contributed by atoms with Crippen LogP contribution in [0.25, 0.3) is 0 Å². The van der Waals surface area contributed by atoms with Crippen LogP contribution in [0.3, 0.4) is 0 Å². The minimum Gasteiger partial charge on any atom is -0.494 e. The zero-order valence-corrected chi connectivity index (χ0v) is 17.4. The lowest BCUT2D eigenvalue weighted by Gasteiger charge is -2.12. The number of aromatic amines is 2. The van der Waals surface area contributed by atoms with Crippen molar-refractivity contribution in [3.63, 3.8) is 0 Å². The van der Waals surface area contributed by atoms with Gasteiger partial charge in [0.1, 0.15) is 11.3 Å². The lowest BCUT2D eigenvalue weighted by Crippen LogP contribution is -2.14. The number of sulfonamides is 1. The minimum atomic E-state index is -3.85. The molecule has 0 saturated carbocycles. The van der Waals surface area contributed by atoms with Crippen LogP contribution >= 0.6 is 12.2 Å². The number of H-pyrrole nitrogens is 2. The molecule has 4 N–H and O–H groups in total. The molecule has 1 heterocycles. The number of benzene rings is 2. The first-order valence-electron chi connectivity index (χ1n) is 8.74. The van der Waals surface area contributed by atoms with Crippen molar-refractivity contribution in [3.8, 4) is 11.6 Å². The molecule has 0 saturated heterocycles. The van der Waals surface area contributed by atoms with Crippen LogP contribution < -0.4 is 15.0 Å². The molecule has 0 atom stereocenters. The smallest absolute Gasteiger partial charge is 0.264 e. The maximum atomic E-state index is 12.7. The molecule has 0 spiro atoms. The highest BCUT2D eigenvalue weighted by atomic mass is 32.2. The number of hydrogen-bond acceptors (Lipinski definition) is 7. The van der Waals surface area contributed by atoms with Gasteiger partial charge >= 0.3 is 0 Å². The van der Waals surface area contributed by atoms with E-state index in [2.05, 4.69) is 19.7 Å². The fourth-order valence-corrected chi connectivity index (χ4v) is 3.75. The van der Waals surface area contributed by atoms with Gasteiger partial charge in [-0.3, -0.25) is 19.5 Å². The molecule has 0 radical (unpaired) electrons. The lowest BCUT2D eigenvalue weighted by atomic mass is 10.3. The molecule has 156 valence electrons. The molecule has 0 unspecified atom stereocenters. The Bertz CT molecular complexity index is 1300. The molecule has 3 aromatic rings. The molecule has 30 heavy (non-hydrogen) atoms. The van der Waals surface area contributed by atoms with Gasteiger partial charge in [0.2, 0.25) is 5.88 Å². The van der Waals surface area contributed by atoms with E-state index in [0.29, 0.717) is 23.7 Å². The van der Waals surface area contributed by atoms with Gasteiger partial charge in [-0.05, 0) is 55.5 Å². The van der Waals surface area contributed by atoms with Crippen molar-refractivity contribution in [3.05, 3.63) is 69.2 Å². The zero-order valence-electron chi connectivity index (χ0n) is 15.7. The summed E-state index contributed by atoms with van der Waals surface area (Å²) in [6.45, 7) is 2.21. The average molecular weight is 447 g/mol. The van der Waals surface area contributed by atoms with E-state index in [9.17, 15) is 18.3 Å². The fourth-order valence-electron chi connectivity index (χ4n) is 2.49. The molecule has 0 fully saturated rings. The number of aromatic hydroxyl groups is 1. The van der Waals surface area contributed by atoms with E-state index in [0.717, 1.165) is 6.21 Å². The third-order valence-corrected chi connectivity index (χ3v) is 5.47. The first-order valence-corrected chi connectivity index (χ1v) is 10.6. The van der Waals surface area contributed by atoms with Gasteiger partial charge in [0.05, 0.1) is 22.9 Å². The molecule has 0 amide bonds. The van der Waals surface area contributed by atoms with Gasteiger partial charge < -0.3 is 14.8 Å². The minimum absolute atomic E-state index is 0.0115. The van der Waals surface area contributed by atoms with E-state index < -0.39 is 21.5 Å². The Balaban J connectivity index is 1.82. The summed E-state index contributed by atoms with van der Waals surface area (Å²) >= 11 is 4.76. The van der Waals surface area contributed by atoms with Crippen LogP contribution in [0.15, 0.2) is 63.2 Å². The second-order valence-electron chi connectivity index (χ2n) is 5.96. The number of aliphatic imine (C=N–C) groups is 1. The van der Waals surface area contributed by atoms with Gasteiger partial charge in [0, 0.05) is 6.21 Å². The first-order chi connectivity index (χ1) is 14.3. The Hall–Kier alpha value is -3.44. The summed E-state index contributed by atoms with van der Waals surface area (Å²) in [4.78, 5) is 20.7. The van der Waals surface area contributed by atoms with Crippen molar-refractivity contribution in [1.29, 1.82) is 0 Å².